The maximum absolute atomic E-state index is 13.2. The number of nitrogens with one attached hydrogen (secondary N) is 2. The zero-order chi connectivity index (χ0) is 21.5. The number of nitrogens with zero attached hydrogens (tertiary/aromatic N) is 2. The third-order valence-electron chi connectivity index (χ3n) is 4.39. The first-order chi connectivity index (χ1) is 14.5. The molecular formula is C21H21FN4O4. The van der Waals surface area contributed by atoms with Gasteiger partial charge >= 0.3 is 0 Å². The SMILES string of the molecule is COc1ccc(-c2nnc(CCC(=O)NCc3cccc(F)c3)c(=O)[nH]2)cc1OC. The Morgan fingerprint density at radius 3 is 2.60 bits per heavy atom. The van der Waals surface area contributed by atoms with Gasteiger partial charge in [0.2, 0.25) is 5.91 Å². The predicted molar refractivity (Wildman–Crippen MR) is 108 cm³/mol. The summed E-state index contributed by atoms with van der Waals surface area (Å²) < 4.78 is 23.6. The van der Waals surface area contributed by atoms with E-state index in [4.69, 9.17) is 9.47 Å². The molecule has 0 saturated carbocycles. The summed E-state index contributed by atoms with van der Waals surface area (Å²) in [5.74, 6) is 0.692. The lowest BCUT2D eigenvalue weighted by atomic mass is 10.2. The van der Waals surface area contributed by atoms with Gasteiger partial charge in [-0.1, -0.05) is 12.1 Å². The highest BCUT2D eigenvalue weighted by Crippen LogP contribution is 2.30. The smallest absolute Gasteiger partial charge is 0.273 e. The number of ether oxygens (including phenoxy) is 2. The van der Waals surface area contributed by atoms with Crippen molar-refractivity contribution in [2.45, 2.75) is 19.4 Å². The van der Waals surface area contributed by atoms with E-state index in [1.54, 1.807) is 30.3 Å². The van der Waals surface area contributed by atoms with Crippen LogP contribution in [0.4, 0.5) is 4.39 Å². The van der Waals surface area contributed by atoms with Crippen molar-refractivity contribution in [1.29, 1.82) is 0 Å². The number of aryl methyl sites for hydroxylation is 1. The van der Waals surface area contributed by atoms with Crippen LogP contribution in [-0.4, -0.2) is 35.3 Å². The van der Waals surface area contributed by atoms with Crippen molar-refractivity contribution in [3.8, 4) is 22.9 Å². The lowest BCUT2D eigenvalue weighted by Crippen LogP contribution is -2.25. The second kappa shape index (κ2) is 9.64. The van der Waals surface area contributed by atoms with Crippen LogP contribution in [0.2, 0.25) is 0 Å². The molecule has 0 aliphatic heterocycles. The molecule has 0 fully saturated rings. The van der Waals surface area contributed by atoms with E-state index in [1.807, 2.05) is 0 Å². The highest BCUT2D eigenvalue weighted by Gasteiger charge is 2.12. The number of methoxy groups -OCH3 is 2. The van der Waals surface area contributed by atoms with E-state index < -0.39 is 5.56 Å². The molecule has 9 heteroatoms. The summed E-state index contributed by atoms with van der Waals surface area (Å²) >= 11 is 0. The minimum absolute atomic E-state index is 0.0583. The molecule has 0 aliphatic rings. The van der Waals surface area contributed by atoms with Crippen LogP contribution in [0.25, 0.3) is 11.4 Å². The number of rotatable bonds is 8. The number of hydrogen-bond donors (Lipinski definition) is 2. The second-order valence-electron chi connectivity index (χ2n) is 6.43. The Morgan fingerprint density at radius 1 is 1.10 bits per heavy atom. The van der Waals surface area contributed by atoms with E-state index in [9.17, 15) is 14.0 Å². The molecule has 0 spiro atoms. The Bertz CT molecular complexity index is 1100. The summed E-state index contributed by atoms with van der Waals surface area (Å²) in [5.41, 5.74) is 0.991. The van der Waals surface area contributed by atoms with Gasteiger partial charge in [-0.2, -0.15) is 0 Å². The standard InChI is InChI=1S/C21H21FN4O4/c1-29-17-8-6-14(11-18(17)30-2)20-24-21(28)16(25-26-20)7-9-19(27)23-12-13-4-3-5-15(22)10-13/h3-6,8,10-11H,7,9,12H2,1-2H3,(H,23,27)(H,24,26,28). The molecule has 30 heavy (non-hydrogen) atoms. The lowest BCUT2D eigenvalue weighted by molar-refractivity contribution is -0.121. The van der Waals surface area contributed by atoms with E-state index in [0.29, 0.717) is 22.6 Å². The van der Waals surface area contributed by atoms with Crippen LogP contribution in [0.3, 0.4) is 0 Å². The van der Waals surface area contributed by atoms with Gasteiger partial charge in [-0.25, -0.2) is 4.39 Å². The highest BCUT2D eigenvalue weighted by atomic mass is 19.1. The predicted octanol–water partition coefficient (Wildman–Crippen LogP) is 2.24. The molecule has 2 aromatic carbocycles. The van der Waals surface area contributed by atoms with Gasteiger partial charge < -0.3 is 19.8 Å². The number of carbonyl (C=O) groups excluding carboxylic acids is 1. The van der Waals surface area contributed by atoms with Crippen molar-refractivity contribution in [3.63, 3.8) is 0 Å². The molecule has 0 radical (unpaired) electrons. The molecule has 0 aliphatic carbocycles. The fourth-order valence-electron chi connectivity index (χ4n) is 2.81. The van der Waals surface area contributed by atoms with Gasteiger partial charge in [0.15, 0.2) is 17.3 Å². The molecule has 0 atom stereocenters. The maximum Gasteiger partial charge on any atom is 0.273 e. The van der Waals surface area contributed by atoms with Gasteiger partial charge in [0.25, 0.3) is 5.56 Å². The molecular weight excluding hydrogens is 391 g/mol. The number of aromatic nitrogens is 3. The first-order valence-electron chi connectivity index (χ1n) is 9.19. The average Bonchev–Trinajstić information content (AvgIpc) is 2.76. The normalized spacial score (nSPS) is 10.5. The minimum Gasteiger partial charge on any atom is -0.493 e. The topological polar surface area (TPSA) is 106 Å². The first kappa shape index (κ1) is 21.0. The van der Waals surface area contributed by atoms with Crippen LogP contribution in [0.5, 0.6) is 11.5 Å². The summed E-state index contributed by atoms with van der Waals surface area (Å²) in [6, 6.07) is 11.1. The van der Waals surface area contributed by atoms with E-state index in [0.717, 1.165) is 0 Å². The number of halogens is 1. The molecule has 3 aromatic rings. The van der Waals surface area contributed by atoms with Crippen molar-refractivity contribution in [2.24, 2.45) is 0 Å². The van der Waals surface area contributed by atoms with E-state index in [2.05, 4.69) is 20.5 Å². The molecule has 2 N–H and O–H groups in total. The van der Waals surface area contributed by atoms with Crippen LogP contribution >= 0.6 is 0 Å². The zero-order valence-corrected chi connectivity index (χ0v) is 16.6. The summed E-state index contributed by atoms with van der Waals surface area (Å²) in [4.78, 5) is 27.0. The molecule has 156 valence electrons. The van der Waals surface area contributed by atoms with Crippen LogP contribution < -0.4 is 20.3 Å². The van der Waals surface area contributed by atoms with E-state index in [-0.39, 0.29) is 42.6 Å². The first-order valence-corrected chi connectivity index (χ1v) is 9.19. The van der Waals surface area contributed by atoms with Crippen LogP contribution in [0, 0.1) is 5.82 Å². The summed E-state index contributed by atoms with van der Waals surface area (Å²) in [6.07, 6.45) is 0.187. The molecule has 1 aromatic heterocycles. The molecule has 3 rings (SSSR count). The largest absolute Gasteiger partial charge is 0.493 e. The number of amides is 1. The number of hydrogen-bond acceptors (Lipinski definition) is 6. The van der Waals surface area contributed by atoms with Gasteiger partial charge in [-0.05, 0) is 35.9 Å². The van der Waals surface area contributed by atoms with Crippen molar-refractivity contribution in [1.82, 2.24) is 20.5 Å². The van der Waals surface area contributed by atoms with Crippen molar-refractivity contribution in [2.75, 3.05) is 14.2 Å². The van der Waals surface area contributed by atoms with E-state index >= 15 is 0 Å². The highest BCUT2D eigenvalue weighted by molar-refractivity contribution is 5.76. The second-order valence-corrected chi connectivity index (χ2v) is 6.43. The Labute approximate surface area is 172 Å². The molecule has 0 unspecified atom stereocenters. The monoisotopic (exact) mass is 412 g/mol. The Kier molecular flexibility index (Phi) is 6.74. The summed E-state index contributed by atoms with van der Waals surface area (Å²) in [5, 5.41) is 10.7. The van der Waals surface area contributed by atoms with Crippen molar-refractivity contribution in [3.05, 3.63) is 69.9 Å². The fraction of sp³-hybridized carbons (Fsp3) is 0.238. The van der Waals surface area contributed by atoms with Gasteiger partial charge in [0.1, 0.15) is 11.5 Å². The van der Waals surface area contributed by atoms with Crippen LogP contribution in [0.1, 0.15) is 17.7 Å². The Balaban J connectivity index is 1.61. The number of benzene rings is 2. The molecule has 0 bridgehead atoms. The van der Waals surface area contributed by atoms with Crippen molar-refractivity contribution >= 4 is 5.91 Å². The average molecular weight is 412 g/mol. The quantitative estimate of drug-likeness (QED) is 0.588. The zero-order valence-electron chi connectivity index (χ0n) is 16.6. The Morgan fingerprint density at radius 2 is 1.90 bits per heavy atom. The third-order valence-corrected chi connectivity index (χ3v) is 4.39. The number of carbonyl (C=O) groups is 1. The number of aromatic amines is 1. The van der Waals surface area contributed by atoms with Gasteiger partial charge in [-0.15, -0.1) is 10.2 Å². The van der Waals surface area contributed by atoms with Crippen molar-refractivity contribution < 1.29 is 18.7 Å². The van der Waals surface area contributed by atoms with Crippen LogP contribution in [0.15, 0.2) is 47.3 Å². The van der Waals surface area contributed by atoms with Gasteiger partial charge in [-0.3, -0.25) is 9.59 Å². The minimum atomic E-state index is -0.423. The Hall–Kier alpha value is -3.75. The van der Waals surface area contributed by atoms with Crippen LogP contribution in [-0.2, 0) is 17.8 Å². The molecule has 0 saturated heterocycles. The van der Waals surface area contributed by atoms with Gasteiger partial charge in [0, 0.05) is 24.9 Å². The maximum atomic E-state index is 13.2. The molecule has 8 nitrogen and oxygen atoms in total. The molecule has 1 heterocycles. The summed E-state index contributed by atoms with van der Waals surface area (Å²) in [7, 11) is 3.04. The summed E-state index contributed by atoms with van der Waals surface area (Å²) in [6.45, 7) is 0.205. The van der Waals surface area contributed by atoms with Gasteiger partial charge in [0.05, 0.1) is 14.2 Å². The molecule has 1 amide bonds. The fourth-order valence-corrected chi connectivity index (χ4v) is 2.81. The van der Waals surface area contributed by atoms with E-state index in [1.165, 1.54) is 26.4 Å². The third kappa shape index (κ3) is 5.19. The number of H-pyrrole nitrogens is 1. The lowest BCUT2D eigenvalue weighted by Gasteiger charge is -2.09.